The van der Waals surface area contributed by atoms with E-state index in [1.807, 2.05) is 0 Å². The molecule has 2 N–H and O–H groups in total. The van der Waals surface area contributed by atoms with Gasteiger partial charge in [0, 0.05) is 49.1 Å². The van der Waals surface area contributed by atoms with Gasteiger partial charge in [0.25, 0.3) is 0 Å². The van der Waals surface area contributed by atoms with E-state index in [1.165, 1.54) is 98.2 Å². The number of nitrogens with two attached hydrogens (primary N) is 1. The molecular weight excluding hydrogens is 801 g/mol. The van der Waals surface area contributed by atoms with Gasteiger partial charge in [0.2, 0.25) is 0 Å². The molecule has 1 aliphatic heterocycles. The first-order valence-corrected chi connectivity index (χ1v) is 22.8. The van der Waals surface area contributed by atoms with Gasteiger partial charge in [0.15, 0.2) is 0 Å². The van der Waals surface area contributed by atoms with E-state index in [0.29, 0.717) is 0 Å². The summed E-state index contributed by atoms with van der Waals surface area (Å²) in [6.45, 7) is 0. The number of hydrogen-bond donors (Lipinski definition) is 1. The molecule has 3 heterocycles. The van der Waals surface area contributed by atoms with Crippen molar-refractivity contribution in [3.8, 4) is 27.9 Å². The lowest BCUT2D eigenvalue weighted by Crippen LogP contribution is -2.95. The second-order valence-electron chi connectivity index (χ2n) is 17.6. The Balaban J connectivity index is 1.05. The molecule has 0 saturated carbocycles. The van der Waals surface area contributed by atoms with Crippen LogP contribution in [0, 0.1) is 0 Å². The number of aliphatic imine (C=N–C) groups is 1. The summed E-state index contributed by atoms with van der Waals surface area (Å²) in [5, 5.41) is 14.8. The number of benzene rings is 10. The van der Waals surface area contributed by atoms with Crippen LogP contribution < -0.4 is 5.32 Å². The molecular formula is C62H41N4+. The SMILES string of the molecule is C1=CC2=C(c3ccc(-c4ccccc4)cc3)N=C(n3c4ccc(-c5ccc6c(c5)c5ccccc5n6-c5ccccc5)cc4c4c5c6ccccc6ccc5c5ccccc5c43)[NH2+]C2C=C1. The maximum absolute atomic E-state index is 5.72. The summed E-state index contributed by atoms with van der Waals surface area (Å²) < 4.78 is 4.86. The van der Waals surface area contributed by atoms with Crippen LogP contribution >= 0.6 is 0 Å². The Morgan fingerprint density at radius 3 is 1.80 bits per heavy atom. The third-order valence-corrected chi connectivity index (χ3v) is 14.0. The standard InChI is InChI=1S/C62H40N4/c1-3-15-39(16-4-1)40-27-29-42(30-28-40)60-51-24-11-13-25-54(51)63-62(64-60)66-57-36-33-44(43-32-35-56-52(37-43)48-22-12-14-26-55(48)65(56)45-18-5-2-6-19-45)38-53(57)59-58-46-20-8-7-17-41(46)31-34-49(58)47-21-9-10-23-50(47)61(59)66/h1-38,54H,(H,63,64)/p+1. The first kappa shape index (κ1) is 36.9. The van der Waals surface area contributed by atoms with Gasteiger partial charge in [-0.25, -0.2) is 4.57 Å². The van der Waals surface area contributed by atoms with E-state index in [-0.39, 0.29) is 6.04 Å². The van der Waals surface area contributed by atoms with Gasteiger partial charge in [-0.1, -0.05) is 182 Å². The highest BCUT2D eigenvalue weighted by Crippen LogP contribution is 2.45. The number of quaternary nitrogens is 1. The molecule has 2 aromatic heterocycles. The van der Waals surface area contributed by atoms with Crippen molar-refractivity contribution in [2.24, 2.45) is 4.99 Å². The van der Waals surface area contributed by atoms with Gasteiger partial charge in [-0.15, -0.1) is 0 Å². The summed E-state index contributed by atoms with van der Waals surface area (Å²) in [7, 11) is 0. The molecule has 1 unspecified atom stereocenters. The number of fused-ring (bicyclic) bond motifs is 14. The molecule has 0 fully saturated rings. The second-order valence-corrected chi connectivity index (χ2v) is 17.6. The van der Waals surface area contributed by atoms with E-state index in [1.54, 1.807) is 0 Å². The van der Waals surface area contributed by atoms with Crippen LogP contribution in [0.5, 0.6) is 0 Å². The van der Waals surface area contributed by atoms with Crippen LogP contribution in [0.15, 0.2) is 241 Å². The smallest absolute Gasteiger partial charge is 0.309 e. The van der Waals surface area contributed by atoms with Crippen molar-refractivity contribution in [1.29, 1.82) is 0 Å². The molecule has 14 rings (SSSR count). The fourth-order valence-corrected chi connectivity index (χ4v) is 11.0. The Labute approximate surface area is 381 Å². The van der Waals surface area contributed by atoms with Gasteiger partial charge < -0.3 is 4.57 Å². The van der Waals surface area contributed by atoms with Crippen molar-refractivity contribution in [3.63, 3.8) is 0 Å². The predicted octanol–water partition coefficient (Wildman–Crippen LogP) is 14.4. The fourth-order valence-electron chi connectivity index (χ4n) is 11.0. The average molecular weight is 842 g/mol. The van der Waals surface area contributed by atoms with Crippen molar-refractivity contribution < 1.29 is 5.32 Å². The lowest BCUT2D eigenvalue weighted by Gasteiger charge is -2.24. The zero-order valence-electron chi connectivity index (χ0n) is 35.9. The third kappa shape index (κ3) is 5.52. The Kier molecular flexibility index (Phi) is 8.09. The van der Waals surface area contributed by atoms with Crippen LogP contribution in [0.25, 0.3) is 110 Å². The molecule has 1 atom stereocenters. The summed E-state index contributed by atoms with van der Waals surface area (Å²) in [5.41, 5.74) is 14.0. The minimum atomic E-state index is 0.0652. The number of hydrogen-bond acceptors (Lipinski definition) is 1. The number of nitrogens with zero attached hydrogens (tertiary/aromatic N) is 3. The normalized spacial score (nSPS) is 15.0. The van der Waals surface area contributed by atoms with Crippen molar-refractivity contribution in [1.82, 2.24) is 9.13 Å². The Hall–Kier alpha value is -8.57. The van der Waals surface area contributed by atoms with Crippen LogP contribution in [0.1, 0.15) is 5.56 Å². The molecule has 308 valence electrons. The lowest BCUT2D eigenvalue weighted by molar-refractivity contribution is -0.563. The fraction of sp³-hybridized carbons (Fsp3) is 0.0161. The zero-order valence-corrected chi connectivity index (χ0v) is 35.9. The highest BCUT2D eigenvalue weighted by atomic mass is 15.2. The number of rotatable bonds is 4. The molecule has 10 aromatic carbocycles. The summed E-state index contributed by atoms with van der Waals surface area (Å²) in [5.74, 6) is 0.929. The average Bonchev–Trinajstić information content (AvgIpc) is 3.91. The van der Waals surface area contributed by atoms with Crippen LogP contribution in [-0.2, 0) is 0 Å². The molecule has 4 heteroatoms. The molecule has 66 heavy (non-hydrogen) atoms. The van der Waals surface area contributed by atoms with Crippen LogP contribution in [0.4, 0.5) is 0 Å². The Morgan fingerprint density at radius 2 is 1.00 bits per heavy atom. The van der Waals surface area contributed by atoms with E-state index in [9.17, 15) is 0 Å². The largest absolute Gasteiger partial charge is 0.312 e. The highest BCUT2D eigenvalue weighted by Gasteiger charge is 2.32. The summed E-state index contributed by atoms with van der Waals surface area (Å²) in [6, 6.07) is 75.6. The molecule has 0 spiro atoms. The zero-order chi connectivity index (χ0) is 43.3. The van der Waals surface area contributed by atoms with E-state index in [2.05, 4.69) is 245 Å². The van der Waals surface area contributed by atoms with Gasteiger partial charge in [0.1, 0.15) is 6.04 Å². The second kappa shape index (κ2) is 14.5. The molecule has 0 bridgehead atoms. The Bertz CT molecular complexity index is 4110. The summed E-state index contributed by atoms with van der Waals surface area (Å²) in [6.07, 6.45) is 8.86. The molecule has 0 saturated heterocycles. The number of allylic oxidation sites excluding steroid dienone is 2. The maximum Gasteiger partial charge on any atom is 0.312 e. The summed E-state index contributed by atoms with van der Waals surface area (Å²) >= 11 is 0. The lowest BCUT2D eigenvalue weighted by atomic mass is 9.92. The number of para-hydroxylation sites is 2. The first-order chi connectivity index (χ1) is 32.7. The van der Waals surface area contributed by atoms with Crippen molar-refractivity contribution in [2.45, 2.75) is 6.04 Å². The maximum atomic E-state index is 5.72. The Morgan fingerprint density at radius 1 is 0.394 bits per heavy atom. The quantitative estimate of drug-likeness (QED) is 0.172. The third-order valence-electron chi connectivity index (χ3n) is 14.0. The minimum absolute atomic E-state index is 0.0652. The van der Waals surface area contributed by atoms with E-state index >= 15 is 0 Å². The molecule has 1 aliphatic carbocycles. The molecule has 0 amide bonds. The monoisotopic (exact) mass is 841 g/mol. The van der Waals surface area contributed by atoms with Crippen molar-refractivity contribution in [2.75, 3.05) is 0 Å². The van der Waals surface area contributed by atoms with Gasteiger partial charge in [0.05, 0.1) is 27.8 Å². The van der Waals surface area contributed by atoms with Gasteiger partial charge in [-0.2, -0.15) is 4.99 Å². The molecule has 4 nitrogen and oxygen atoms in total. The first-order valence-electron chi connectivity index (χ1n) is 22.8. The van der Waals surface area contributed by atoms with Crippen LogP contribution in [-0.4, -0.2) is 21.1 Å². The van der Waals surface area contributed by atoms with Crippen molar-refractivity contribution >= 4 is 87.6 Å². The molecule has 2 aliphatic rings. The molecule has 12 aromatic rings. The van der Waals surface area contributed by atoms with Gasteiger partial charge >= 0.3 is 5.96 Å². The highest BCUT2D eigenvalue weighted by molar-refractivity contribution is 6.38. The summed E-state index contributed by atoms with van der Waals surface area (Å²) in [4.78, 5) is 5.72. The van der Waals surface area contributed by atoms with E-state index in [0.717, 1.165) is 28.4 Å². The van der Waals surface area contributed by atoms with E-state index < -0.39 is 0 Å². The van der Waals surface area contributed by atoms with Crippen molar-refractivity contribution in [3.05, 3.63) is 242 Å². The van der Waals surface area contributed by atoms with Gasteiger partial charge in [-0.05, 0) is 92.3 Å². The minimum Gasteiger partial charge on any atom is -0.309 e. The van der Waals surface area contributed by atoms with Gasteiger partial charge in [-0.3, -0.25) is 5.32 Å². The topological polar surface area (TPSA) is 38.8 Å². The van der Waals surface area contributed by atoms with Crippen LogP contribution in [0.3, 0.4) is 0 Å². The number of aromatic nitrogens is 2. The van der Waals surface area contributed by atoms with Crippen LogP contribution in [0.2, 0.25) is 0 Å². The molecule has 0 radical (unpaired) electrons. The predicted molar refractivity (Wildman–Crippen MR) is 277 cm³/mol. The van der Waals surface area contributed by atoms with E-state index in [4.69, 9.17) is 4.99 Å².